The minimum atomic E-state index is 0.668. The van der Waals surface area contributed by atoms with E-state index in [-0.39, 0.29) is 0 Å². The Bertz CT molecular complexity index is 294. The molecule has 0 aliphatic carbocycles. The lowest BCUT2D eigenvalue weighted by Gasteiger charge is -2.14. The van der Waals surface area contributed by atoms with E-state index in [4.69, 9.17) is 4.74 Å². The van der Waals surface area contributed by atoms with E-state index in [1.165, 1.54) is 5.56 Å². The van der Waals surface area contributed by atoms with Crippen LogP contribution in [-0.4, -0.2) is 20.2 Å². The van der Waals surface area contributed by atoms with E-state index in [0.717, 1.165) is 24.8 Å². The molecule has 0 amide bonds. The van der Waals surface area contributed by atoms with Crippen LogP contribution in [0.5, 0.6) is 5.75 Å². The summed E-state index contributed by atoms with van der Waals surface area (Å²) in [6.07, 6.45) is 0. The van der Waals surface area contributed by atoms with Gasteiger partial charge in [0.2, 0.25) is 0 Å². The first-order chi connectivity index (χ1) is 6.81. The van der Waals surface area contributed by atoms with Crippen molar-refractivity contribution >= 4 is 0 Å². The van der Waals surface area contributed by atoms with Crippen molar-refractivity contribution < 1.29 is 4.74 Å². The fourth-order valence-corrected chi connectivity index (χ4v) is 2.11. The molecule has 1 aromatic rings. The smallest absolute Gasteiger partial charge is 0.118 e. The Morgan fingerprint density at radius 3 is 2.43 bits per heavy atom. The van der Waals surface area contributed by atoms with Crippen LogP contribution >= 0.6 is 0 Å². The summed E-state index contributed by atoms with van der Waals surface area (Å²) in [7, 11) is 1.70. The fraction of sp³-hybridized carbons (Fsp3) is 0.500. The number of hydrogen-bond acceptors (Lipinski definition) is 2. The number of methoxy groups -OCH3 is 1. The quantitative estimate of drug-likeness (QED) is 0.772. The molecule has 1 aliphatic rings. The van der Waals surface area contributed by atoms with Crippen molar-refractivity contribution in [3.63, 3.8) is 0 Å². The van der Waals surface area contributed by atoms with Gasteiger partial charge in [0.25, 0.3) is 0 Å². The molecule has 0 spiro atoms. The molecule has 2 rings (SSSR count). The first-order valence-corrected chi connectivity index (χ1v) is 5.16. The molecule has 1 aliphatic heterocycles. The summed E-state index contributed by atoms with van der Waals surface area (Å²) in [6.45, 7) is 4.54. The Hall–Kier alpha value is -1.02. The SMILES string of the molecule is COc1ccc(C2CNCC2C)cc1. The average Bonchev–Trinajstić information content (AvgIpc) is 2.65. The largest absolute Gasteiger partial charge is 0.497 e. The average molecular weight is 191 g/mol. The third kappa shape index (κ3) is 1.75. The topological polar surface area (TPSA) is 21.3 Å². The highest BCUT2D eigenvalue weighted by molar-refractivity contribution is 5.30. The van der Waals surface area contributed by atoms with Gasteiger partial charge in [0.15, 0.2) is 0 Å². The highest BCUT2D eigenvalue weighted by Crippen LogP contribution is 2.28. The minimum Gasteiger partial charge on any atom is -0.497 e. The summed E-state index contributed by atoms with van der Waals surface area (Å²) in [4.78, 5) is 0. The molecule has 1 heterocycles. The van der Waals surface area contributed by atoms with Gasteiger partial charge in [0.1, 0.15) is 5.75 Å². The second kappa shape index (κ2) is 4.01. The Morgan fingerprint density at radius 2 is 1.93 bits per heavy atom. The van der Waals surface area contributed by atoms with Gasteiger partial charge in [-0.05, 0) is 30.2 Å². The molecule has 0 saturated carbocycles. The molecule has 2 atom stereocenters. The molecule has 14 heavy (non-hydrogen) atoms. The predicted molar refractivity (Wildman–Crippen MR) is 57.8 cm³/mol. The van der Waals surface area contributed by atoms with E-state index in [1.54, 1.807) is 7.11 Å². The normalized spacial score (nSPS) is 26.4. The highest BCUT2D eigenvalue weighted by atomic mass is 16.5. The van der Waals surface area contributed by atoms with Gasteiger partial charge in [-0.25, -0.2) is 0 Å². The molecule has 1 fully saturated rings. The molecule has 2 nitrogen and oxygen atoms in total. The van der Waals surface area contributed by atoms with Crippen LogP contribution in [0.25, 0.3) is 0 Å². The number of hydrogen-bond donors (Lipinski definition) is 1. The van der Waals surface area contributed by atoms with Crippen molar-refractivity contribution in [2.75, 3.05) is 20.2 Å². The molecule has 76 valence electrons. The molecule has 1 N–H and O–H groups in total. The third-order valence-electron chi connectivity index (χ3n) is 3.06. The van der Waals surface area contributed by atoms with Crippen molar-refractivity contribution in [3.8, 4) is 5.75 Å². The van der Waals surface area contributed by atoms with Gasteiger partial charge in [-0.1, -0.05) is 19.1 Å². The monoisotopic (exact) mass is 191 g/mol. The maximum absolute atomic E-state index is 5.14. The van der Waals surface area contributed by atoms with Gasteiger partial charge in [0.05, 0.1) is 7.11 Å². The standard InChI is InChI=1S/C12H17NO/c1-9-7-13-8-12(9)10-3-5-11(14-2)6-4-10/h3-6,9,12-13H,7-8H2,1-2H3. The molecule has 0 radical (unpaired) electrons. The first kappa shape index (κ1) is 9.53. The first-order valence-electron chi connectivity index (χ1n) is 5.16. The summed E-state index contributed by atoms with van der Waals surface area (Å²) in [5, 5.41) is 3.42. The lowest BCUT2D eigenvalue weighted by molar-refractivity contribution is 0.414. The van der Waals surface area contributed by atoms with E-state index >= 15 is 0 Å². The van der Waals surface area contributed by atoms with E-state index in [2.05, 4.69) is 24.4 Å². The molecule has 0 bridgehead atoms. The fourth-order valence-electron chi connectivity index (χ4n) is 2.11. The zero-order valence-electron chi connectivity index (χ0n) is 8.79. The molecule has 1 saturated heterocycles. The zero-order chi connectivity index (χ0) is 9.97. The van der Waals surface area contributed by atoms with Gasteiger partial charge >= 0.3 is 0 Å². The lowest BCUT2D eigenvalue weighted by atomic mass is 9.90. The number of benzene rings is 1. The summed E-state index contributed by atoms with van der Waals surface area (Å²) in [5.74, 6) is 2.34. The van der Waals surface area contributed by atoms with E-state index in [1.807, 2.05) is 12.1 Å². The Kier molecular flexibility index (Phi) is 2.73. The van der Waals surface area contributed by atoms with Gasteiger partial charge < -0.3 is 10.1 Å². The minimum absolute atomic E-state index is 0.668. The van der Waals surface area contributed by atoms with Crippen LogP contribution in [0.2, 0.25) is 0 Å². The van der Waals surface area contributed by atoms with E-state index in [0.29, 0.717) is 5.92 Å². The Labute approximate surface area is 85.3 Å². The maximum Gasteiger partial charge on any atom is 0.118 e. The summed E-state index contributed by atoms with van der Waals surface area (Å²) in [6, 6.07) is 8.43. The van der Waals surface area contributed by atoms with Gasteiger partial charge in [0, 0.05) is 12.5 Å². The molecule has 2 unspecified atom stereocenters. The van der Waals surface area contributed by atoms with Crippen LogP contribution in [0.3, 0.4) is 0 Å². The van der Waals surface area contributed by atoms with Crippen LogP contribution < -0.4 is 10.1 Å². The van der Waals surface area contributed by atoms with Crippen LogP contribution in [-0.2, 0) is 0 Å². The molecule has 2 heteroatoms. The third-order valence-corrected chi connectivity index (χ3v) is 3.06. The van der Waals surface area contributed by atoms with Crippen molar-refractivity contribution in [1.29, 1.82) is 0 Å². The van der Waals surface area contributed by atoms with E-state index < -0.39 is 0 Å². The maximum atomic E-state index is 5.14. The number of rotatable bonds is 2. The van der Waals surface area contributed by atoms with Crippen LogP contribution in [0.4, 0.5) is 0 Å². The summed E-state index contributed by atoms with van der Waals surface area (Å²) < 4.78 is 5.14. The molecule has 1 aromatic carbocycles. The second-order valence-electron chi connectivity index (χ2n) is 4.02. The molecule has 0 aromatic heterocycles. The highest BCUT2D eigenvalue weighted by Gasteiger charge is 2.24. The zero-order valence-corrected chi connectivity index (χ0v) is 8.79. The number of ether oxygens (including phenoxy) is 1. The van der Waals surface area contributed by atoms with Crippen LogP contribution in [0.15, 0.2) is 24.3 Å². The van der Waals surface area contributed by atoms with Crippen molar-refractivity contribution in [2.24, 2.45) is 5.92 Å². The predicted octanol–water partition coefficient (Wildman–Crippen LogP) is 2.02. The Balaban J connectivity index is 2.16. The summed E-state index contributed by atoms with van der Waals surface area (Å²) in [5.41, 5.74) is 1.42. The van der Waals surface area contributed by atoms with Crippen LogP contribution in [0.1, 0.15) is 18.4 Å². The van der Waals surface area contributed by atoms with Gasteiger partial charge in [-0.2, -0.15) is 0 Å². The Morgan fingerprint density at radius 1 is 1.21 bits per heavy atom. The second-order valence-corrected chi connectivity index (χ2v) is 4.02. The number of nitrogens with one attached hydrogen (secondary N) is 1. The van der Waals surface area contributed by atoms with E-state index in [9.17, 15) is 0 Å². The van der Waals surface area contributed by atoms with Crippen LogP contribution in [0, 0.1) is 5.92 Å². The molecular weight excluding hydrogens is 174 g/mol. The van der Waals surface area contributed by atoms with Crippen molar-refractivity contribution in [1.82, 2.24) is 5.32 Å². The lowest BCUT2D eigenvalue weighted by Crippen LogP contribution is -2.07. The van der Waals surface area contributed by atoms with Gasteiger partial charge in [-0.15, -0.1) is 0 Å². The molecular formula is C12H17NO. The summed E-state index contributed by atoms with van der Waals surface area (Å²) >= 11 is 0. The van der Waals surface area contributed by atoms with Gasteiger partial charge in [-0.3, -0.25) is 0 Å². The van der Waals surface area contributed by atoms with Crippen molar-refractivity contribution in [2.45, 2.75) is 12.8 Å². The van der Waals surface area contributed by atoms with Crippen molar-refractivity contribution in [3.05, 3.63) is 29.8 Å².